The van der Waals surface area contributed by atoms with Gasteiger partial charge in [0.1, 0.15) is 11.4 Å². The van der Waals surface area contributed by atoms with E-state index in [9.17, 15) is 23.1 Å². The first-order valence-electron chi connectivity index (χ1n) is 5.67. The van der Waals surface area contributed by atoms with Crippen LogP contribution in [0.15, 0.2) is 18.2 Å². The number of nitrogens with zero attached hydrogens (tertiary/aromatic N) is 1. The molecule has 0 unspecified atom stereocenters. The lowest BCUT2D eigenvalue weighted by molar-refractivity contribution is -0.136. The molecule has 2 rings (SSSR count). The van der Waals surface area contributed by atoms with Crippen molar-refractivity contribution in [1.82, 2.24) is 9.88 Å². The number of guanidine groups is 1. The fourth-order valence-corrected chi connectivity index (χ4v) is 1.86. The quantitative estimate of drug-likeness (QED) is 0.474. The lowest BCUT2D eigenvalue weighted by atomic mass is 10.1. The van der Waals surface area contributed by atoms with Crippen LogP contribution in [0.3, 0.4) is 0 Å². The second-order valence-electron chi connectivity index (χ2n) is 4.35. The first kappa shape index (κ1) is 17.6. The molecule has 1 amide bonds. The largest absolute Gasteiger partial charge is 0.506 e. The van der Waals surface area contributed by atoms with Gasteiger partial charge in [-0.3, -0.25) is 15.1 Å². The molecule has 0 saturated carbocycles. The second-order valence-corrected chi connectivity index (χ2v) is 4.35. The van der Waals surface area contributed by atoms with Crippen LogP contribution in [0.1, 0.15) is 16.1 Å². The monoisotopic (exact) mass is 336 g/mol. The number of amides is 1. The molecule has 10 heteroatoms. The summed E-state index contributed by atoms with van der Waals surface area (Å²) in [6.45, 7) is 0. The zero-order chi connectivity index (χ0) is 15.9. The molecule has 0 radical (unpaired) electrons. The smallest absolute Gasteiger partial charge is 0.417 e. The van der Waals surface area contributed by atoms with Crippen molar-refractivity contribution in [2.75, 3.05) is 7.05 Å². The van der Waals surface area contributed by atoms with Gasteiger partial charge in [-0.25, -0.2) is 0 Å². The second kappa shape index (κ2) is 5.76. The average molecular weight is 337 g/mol. The molecule has 0 atom stereocenters. The summed E-state index contributed by atoms with van der Waals surface area (Å²) in [4.78, 5) is 15.1. The Labute approximate surface area is 128 Å². The van der Waals surface area contributed by atoms with Gasteiger partial charge in [-0.1, -0.05) is 0 Å². The fraction of sp³-hybridized carbons (Fsp3) is 0.167. The average Bonchev–Trinajstić information content (AvgIpc) is 2.81. The van der Waals surface area contributed by atoms with Crippen molar-refractivity contribution in [3.8, 4) is 5.75 Å². The third-order valence-electron chi connectivity index (χ3n) is 2.97. The molecular formula is C12H12ClF3N4O2. The van der Waals surface area contributed by atoms with Gasteiger partial charge >= 0.3 is 6.18 Å². The lowest BCUT2D eigenvalue weighted by Crippen LogP contribution is -2.38. The third kappa shape index (κ3) is 2.93. The SMILES string of the molecule is CN(C(=N)N)C(=O)c1cc2c(C(F)(F)F)ccc(O)c2[nH]1.Cl. The topological polar surface area (TPSA) is 106 Å². The zero-order valence-electron chi connectivity index (χ0n) is 11.2. The van der Waals surface area contributed by atoms with Crippen molar-refractivity contribution in [3.05, 3.63) is 29.5 Å². The molecule has 1 aromatic heterocycles. The third-order valence-corrected chi connectivity index (χ3v) is 2.97. The number of aromatic hydroxyl groups is 1. The molecule has 0 bridgehead atoms. The number of nitrogens with two attached hydrogens (primary N) is 1. The standard InChI is InChI=1S/C12H11F3N4O2.ClH/c1-19(11(16)17)10(21)7-4-5-6(12(13,14)15)2-3-8(20)9(5)18-7;/h2-4,18,20H,1H3,(H3,16,17);1H. The van der Waals surface area contributed by atoms with E-state index in [1.54, 1.807) is 0 Å². The normalized spacial score (nSPS) is 11.1. The summed E-state index contributed by atoms with van der Waals surface area (Å²) in [6, 6.07) is 2.60. The number of H-pyrrole nitrogens is 1. The molecule has 1 aromatic carbocycles. The predicted octanol–water partition coefficient (Wildman–Crippen LogP) is 2.28. The molecule has 0 fully saturated rings. The van der Waals surface area contributed by atoms with Crippen molar-refractivity contribution < 1.29 is 23.1 Å². The number of alkyl halides is 3. The summed E-state index contributed by atoms with van der Waals surface area (Å²) in [7, 11) is 1.21. The van der Waals surface area contributed by atoms with Crippen LogP contribution in [0.5, 0.6) is 5.75 Å². The number of phenolic OH excluding ortho intramolecular Hbond substituents is 1. The minimum absolute atomic E-state index is 0. The van der Waals surface area contributed by atoms with Gasteiger partial charge < -0.3 is 15.8 Å². The minimum Gasteiger partial charge on any atom is -0.506 e. The first-order valence-corrected chi connectivity index (χ1v) is 5.67. The number of halogens is 4. The van der Waals surface area contributed by atoms with Crippen LogP contribution in [0.25, 0.3) is 10.9 Å². The van der Waals surface area contributed by atoms with Crippen LogP contribution >= 0.6 is 12.4 Å². The maximum Gasteiger partial charge on any atom is 0.417 e. The van der Waals surface area contributed by atoms with Gasteiger partial charge in [0, 0.05) is 12.4 Å². The summed E-state index contributed by atoms with van der Waals surface area (Å²) >= 11 is 0. The number of carbonyl (C=O) groups is 1. The number of nitrogens with one attached hydrogen (secondary N) is 2. The van der Waals surface area contributed by atoms with Crippen LogP contribution in [-0.2, 0) is 6.18 Å². The van der Waals surface area contributed by atoms with Crippen LogP contribution in [0.4, 0.5) is 13.2 Å². The molecule has 0 aliphatic carbocycles. The predicted molar refractivity (Wildman–Crippen MR) is 76.2 cm³/mol. The van der Waals surface area contributed by atoms with E-state index in [-0.39, 0.29) is 29.0 Å². The van der Waals surface area contributed by atoms with E-state index in [1.165, 1.54) is 7.05 Å². The van der Waals surface area contributed by atoms with Gasteiger partial charge in [0.25, 0.3) is 5.91 Å². The van der Waals surface area contributed by atoms with E-state index >= 15 is 0 Å². The summed E-state index contributed by atoms with van der Waals surface area (Å²) in [5.74, 6) is -1.76. The van der Waals surface area contributed by atoms with E-state index in [0.29, 0.717) is 0 Å². The summed E-state index contributed by atoms with van der Waals surface area (Å²) < 4.78 is 38.7. The maximum absolute atomic E-state index is 12.9. The summed E-state index contributed by atoms with van der Waals surface area (Å²) in [5, 5.41) is 16.4. The molecule has 2 aromatic rings. The van der Waals surface area contributed by atoms with Gasteiger partial charge in [-0.15, -0.1) is 12.4 Å². The number of aromatic amines is 1. The molecule has 5 N–H and O–H groups in total. The Morgan fingerprint density at radius 1 is 1.41 bits per heavy atom. The molecule has 0 aliphatic rings. The molecule has 22 heavy (non-hydrogen) atoms. The number of fused-ring (bicyclic) bond motifs is 1. The molecule has 0 spiro atoms. The number of hydrogen-bond donors (Lipinski definition) is 4. The summed E-state index contributed by atoms with van der Waals surface area (Å²) in [5.41, 5.74) is 3.75. The van der Waals surface area contributed by atoms with Gasteiger partial charge in [-0.05, 0) is 18.2 Å². The highest BCUT2D eigenvalue weighted by molar-refractivity contribution is 6.06. The lowest BCUT2D eigenvalue weighted by Gasteiger charge is -2.12. The van der Waals surface area contributed by atoms with Gasteiger partial charge in [0.15, 0.2) is 5.96 Å². The van der Waals surface area contributed by atoms with Gasteiger partial charge in [0.05, 0.1) is 11.1 Å². The Kier molecular flexibility index (Phi) is 4.61. The van der Waals surface area contributed by atoms with E-state index < -0.39 is 29.4 Å². The van der Waals surface area contributed by atoms with Crippen molar-refractivity contribution in [2.24, 2.45) is 5.73 Å². The highest BCUT2D eigenvalue weighted by Gasteiger charge is 2.34. The van der Waals surface area contributed by atoms with Crippen molar-refractivity contribution >= 4 is 35.2 Å². The Hall–Kier alpha value is -2.42. The van der Waals surface area contributed by atoms with Crippen LogP contribution < -0.4 is 5.73 Å². The van der Waals surface area contributed by atoms with Crippen molar-refractivity contribution in [2.45, 2.75) is 6.18 Å². The van der Waals surface area contributed by atoms with Crippen LogP contribution in [-0.4, -0.2) is 33.9 Å². The molecule has 0 aliphatic heterocycles. The fourth-order valence-electron chi connectivity index (χ4n) is 1.86. The number of benzene rings is 1. The Bertz CT molecular complexity index is 742. The Balaban J connectivity index is 0.00000242. The van der Waals surface area contributed by atoms with E-state index in [0.717, 1.165) is 23.1 Å². The van der Waals surface area contributed by atoms with Crippen molar-refractivity contribution in [3.63, 3.8) is 0 Å². The number of aromatic nitrogens is 1. The number of carbonyl (C=O) groups excluding carboxylic acids is 1. The van der Waals surface area contributed by atoms with Crippen molar-refractivity contribution in [1.29, 1.82) is 5.41 Å². The number of rotatable bonds is 1. The van der Waals surface area contributed by atoms with E-state index in [2.05, 4.69) is 4.98 Å². The maximum atomic E-state index is 12.9. The van der Waals surface area contributed by atoms with Gasteiger partial charge in [0.2, 0.25) is 0 Å². The Morgan fingerprint density at radius 3 is 2.50 bits per heavy atom. The summed E-state index contributed by atoms with van der Waals surface area (Å²) in [6.07, 6.45) is -4.62. The molecule has 1 heterocycles. The highest BCUT2D eigenvalue weighted by atomic mass is 35.5. The minimum atomic E-state index is -4.62. The molecule has 6 nitrogen and oxygen atoms in total. The molecule has 120 valence electrons. The van der Waals surface area contributed by atoms with Crippen LogP contribution in [0, 0.1) is 5.41 Å². The van der Waals surface area contributed by atoms with E-state index in [1.807, 2.05) is 0 Å². The van der Waals surface area contributed by atoms with Crippen LogP contribution in [0.2, 0.25) is 0 Å². The van der Waals surface area contributed by atoms with Gasteiger partial charge in [-0.2, -0.15) is 13.2 Å². The zero-order valence-corrected chi connectivity index (χ0v) is 12.0. The van der Waals surface area contributed by atoms with E-state index in [4.69, 9.17) is 11.1 Å². The Morgan fingerprint density at radius 2 is 2.00 bits per heavy atom. The molecule has 0 saturated heterocycles. The highest BCUT2D eigenvalue weighted by Crippen LogP contribution is 2.38. The number of hydrogen-bond acceptors (Lipinski definition) is 3. The number of phenols is 1. The first-order chi connectivity index (χ1) is 9.62. The molecular weight excluding hydrogens is 325 g/mol.